The van der Waals surface area contributed by atoms with Crippen LogP contribution in [0.5, 0.6) is 0 Å². The van der Waals surface area contributed by atoms with E-state index >= 15 is 0 Å². The highest BCUT2D eigenvalue weighted by atomic mass is 32.2. The Balaban J connectivity index is 3.03. The summed E-state index contributed by atoms with van der Waals surface area (Å²) in [5, 5.41) is 2.36. The van der Waals surface area contributed by atoms with Crippen molar-refractivity contribution in [2.75, 3.05) is 5.32 Å². The Morgan fingerprint density at radius 2 is 2.00 bits per heavy atom. The van der Waals surface area contributed by atoms with Gasteiger partial charge < -0.3 is 5.32 Å². The standard InChI is InChI=1S/C10H10F3NOS/c1-6-3-4-8(14-7(2)15)9(5-6)16-10(11,12)13/h3-5H,1-2H3,(H,14,15). The Kier molecular flexibility index (Phi) is 3.85. The molecule has 1 aromatic rings. The largest absolute Gasteiger partial charge is 0.446 e. The van der Waals surface area contributed by atoms with Crippen molar-refractivity contribution in [3.05, 3.63) is 23.8 Å². The lowest BCUT2D eigenvalue weighted by molar-refractivity contribution is -0.114. The number of carbonyl (C=O) groups is 1. The first-order valence-electron chi connectivity index (χ1n) is 4.42. The molecule has 16 heavy (non-hydrogen) atoms. The smallest absolute Gasteiger partial charge is 0.325 e. The molecule has 0 fully saturated rings. The van der Waals surface area contributed by atoms with Crippen LogP contribution in [0.3, 0.4) is 0 Å². The zero-order chi connectivity index (χ0) is 12.3. The third kappa shape index (κ3) is 4.14. The Labute approximate surface area is 95.2 Å². The van der Waals surface area contributed by atoms with Crippen molar-refractivity contribution < 1.29 is 18.0 Å². The van der Waals surface area contributed by atoms with Gasteiger partial charge in [0.2, 0.25) is 5.91 Å². The minimum absolute atomic E-state index is 0.00250. The van der Waals surface area contributed by atoms with E-state index in [0.29, 0.717) is 5.56 Å². The summed E-state index contributed by atoms with van der Waals surface area (Å²) in [6.45, 7) is 2.94. The topological polar surface area (TPSA) is 29.1 Å². The van der Waals surface area contributed by atoms with Gasteiger partial charge in [0.05, 0.1) is 5.69 Å². The first-order valence-corrected chi connectivity index (χ1v) is 5.23. The van der Waals surface area contributed by atoms with Crippen LogP contribution in [0.1, 0.15) is 12.5 Å². The molecule has 0 aliphatic rings. The molecule has 0 heterocycles. The van der Waals surface area contributed by atoms with Gasteiger partial charge >= 0.3 is 5.51 Å². The molecule has 6 heteroatoms. The zero-order valence-electron chi connectivity index (χ0n) is 8.68. The number of alkyl halides is 3. The molecule has 1 amide bonds. The van der Waals surface area contributed by atoms with Gasteiger partial charge in [-0.25, -0.2) is 0 Å². The molecule has 0 aromatic heterocycles. The second-order valence-corrected chi connectivity index (χ2v) is 4.34. The van der Waals surface area contributed by atoms with Crippen LogP contribution in [0.2, 0.25) is 0 Å². The fraction of sp³-hybridized carbons (Fsp3) is 0.300. The van der Waals surface area contributed by atoms with Crippen molar-refractivity contribution in [2.24, 2.45) is 0 Å². The summed E-state index contributed by atoms with van der Waals surface area (Å²) in [7, 11) is 0. The fourth-order valence-corrected chi connectivity index (χ4v) is 1.85. The van der Waals surface area contributed by atoms with Crippen molar-refractivity contribution >= 4 is 23.4 Å². The van der Waals surface area contributed by atoms with Crippen LogP contribution in [-0.4, -0.2) is 11.4 Å². The molecule has 0 radical (unpaired) electrons. The van der Waals surface area contributed by atoms with Crippen LogP contribution in [-0.2, 0) is 4.79 Å². The minimum atomic E-state index is -4.36. The van der Waals surface area contributed by atoms with Gasteiger partial charge in [0.1, 0.15) is 0 Å². The van der Waals surface area contributed by atoms with E-state index in [1.54, 1.807) is 13.0 Å². The van der Waals surface area contributed by atoms with Crippen LogP contribution in [0.25, 0.3) is 0 Å². The summed E-state index contributed by atoms with van der Waals surface area (Å²) < 4.78 is 36.7. The molecule has 0 bridgehead atoms. The van der Waals surface area contributed by atoms with E-state index in [1.807, 2.05) is 0 Å². The normalized spacial score (nSPS) is 11.3. The van der Waals surface area contributed by atoms with Gasteiger partial charge in [0.25, 0.3) is 0 Å². The Morgan fingerprint density at radius 3 is 2.50 bits per heavy atom. The highest BCUT2D eigenvalue weighted by Crippen LogP contribution is 2.40. The lowest BCUT2D eigenvalue weighted by atomic mass is 10.2. The van der Waals surface area contributed by atoms with Gasteiger partial charge in [-0.2, -0.15) is 13.2 Å². The molecule has 0 aliphatic carbocycles. The lowest BCUT2D eigenvalue weighted by Gasteiger charge is -2.12. The summed E-state index contributed by atoms with van der Waals surface area (Å²) in [6, 6.07) is 4.50. The van der Waals surface area contributed by atoms with E-state index in [4.69, 9.17) is 0 Å². The van der Waals surface area contributed by atoms with Gasteiger partial charge in [0.15, 0.2) is 0 Å². The second kappa shape index (κ2) is 4.78. The highest BCUT2D eigenvalue weighted by Gasteiger charge is 2.30. The summed E-state index contributed by atoms with van der Waals surface area (Å²) in [6.07, 6.45) is 0. The third-order valence-corrected chi connectivity index (χ3v) is 2.46. The molecule has 1 rings (SSSR count). The Bertz CT molecular complexity index is 404. The highest BCUT2D eigenvalue weighted by molar-refractivity contribution is 8.00. The van der Waals surface area contributed by atoms with E-state index in [-0.39, 0.29) is 22.3 Å². The summed E-state index contributed by atoms with van der Waals surface area (Å²) >= 11 is -0.231. The van der Waals surface area contributed by atoms with E-state index in [9.17, 15) is 18.0 Å². The summed E-state index contributed by atoms with van der Waals surface area (Å²) in [5.41, 5.74) is -3.47. The first kappa shape index (κ1) is 12.9. The van der Waals surface area contributed by atoms with Crippen molar-refractivity contribution in [1.82, 2.24) is 0 Å². The van der Waals surface area contributed by atoms with Crippen LogP contribution < -0.4 is 5.32 Å². The van der Waals surface area contributed by atoms with Gasteiger partial charge in [-0.3, -0.25) is 4.79 Å². The quantitative estimate of drug-likeness (QED) is 0.812. The van der Waals surface area contributed by atoms with E-state index in [0.717, 1.165) is 0 Å². The number of carbonyl (C=O) groups excluding carboxylic acids is 1. The predicted molar refractivity (Wildman–Crippen MR) is 57.4 cm³/mol. The number of thioether (sulfide) groups is 1. The Hall–Kier alpha value is -1.17. The van der Waals surface area contributed by atoms with Crippen molar-refractivity contribution in [3.63, 3.8) is 0 Å². The molecule has 1 N–H and O–H groups in total. The predicted octanol–water partition coefficient (Wildman–Crippen LogP) is 3.57. The second-order valence-electron chi connectivity index (χ2n) is 3.23. The summed E-state index contributed by atoms with van der Waals surface area (Å²) in [4.78, 5) is 10.8. The monoisotopic (exact) mass is 249 g/mol. The maximum absolute atomic E-state index is 12.2. The zero-order valence-corrected chi connectivity index (χ0v) is 9.50. The molecule has 2 nitrogen and oxygen atoms in total. The molecule has 0 atom stereocenters. The molecular weight excluding hydrogens is 239 g/mol. The van der Waals surface area contributed by atoms with E-state index < -0.39 is 11.4 Å². The average Bonchev–Trinajstić information content (AvgIpc) is 2.06. The van der Waals surface area contributed by atoms with Crippen LogP contribution >= 0.6 is 11.8 Å². The number of aryl methyl sites for hydroxylation is 1. The van der Waals surface area contributed by atoms with Gasteiger partial charge in [-0.1, -0.05) is 6.07 Å². The van der Waals surface area contributed by atoms with E-state index in [2.05, 4.69) is 5.32 Å². The number of anilines is 1. The maximum atomic E-state index is 12.2. The fourth-order valence-electron chi connectivity index (χ4n) is 1.13. The number of nitrogens with one attached hydrogen (secondary N) is 1. The third-order valence-electron chi connectivity index (χ3n) is 1.67. The van der Waals surface area contributed by atoms with Crippen LogP contribution in [0, 0.1) is 6.92 Å². The summed E-state index contributed by atoms with van der Waals surface area (Å²) in [5.74, 6) is -0.395. The molecule has 0 aliphatic heterocycles. The van der Waals surface area contributed by atoms with Crippen molar-refractivity contribution in [2.45, 2.75) is 24.3 Å². The first-order chi connectivity index (χ1) is 7.28. The Morgan fingerprint density at radius 1 is 1.38 bits per heavy atom. The maximum Gasteiger partial charge on any atom is 0.446 e. The molecule has 0 saturated carbocycles. The van der Waals surface area contributed by atoms with E-state index in [1.165, 1.54) is 19.1 Å². The minimum Gasteiger partial charge on any atom is -0.325 e. The van der Waals surface area contributed by atoms with Crippen molar-refractivity contribution in [3.8, 4) is 0 Å². The number of benzene rings is 1. The van der Waals surface area contributed by atoms with Crippen molar-refractivity contribution in [1.29, 1.82) is 0 Å². The number of hydrogen-bond acceptors (Lipinski definition) is 2. The average molecular weight is 249 g/mol. The van der Waals surface area contributed by atoms with Gasteiger partial charge in [0, 0.05) is 11.8 Å². The van der Waals surface area contributed by atoms with Gasteiger partial charge in [-0.05, 0) is 36.4 Å². The van der Waals surface area contributed by atoms with Crippen LogP contribution in [0.15, 0.2) is 23.1 Å². The lowest BCUT2D eigenvalue weighted by Crippen LogP contribution is -2.08. The SMILES string of the molecule is CC(=O)Nc1ccc(C)cc1SC(F)(F)F. The number of halogens is 3. The molecule has 1 aromatic carbocycles. The molecular formula is C10H10F3NOS. The number of hydrogen-bond donors (Lipinski definition) is 1. The number of amides is 1. The molecule has 0 unspecified atom stereocenters. The molecule has 0 spiro atoms. The number of rotatable bonds is 2. The van der Waals surface area contributed by atoms with Crippen LogP contribution in [0.4, 0.5) is 18.9 Å². The molecule has 88 valence electrons. The van der Waals surface area contributed by atoms with Gasteiger partial charge in [-0.15, -0.1) is 0 Å². The molecule has 0 saturated heterocycles.